The molecule has 5 rings (SSSR count). The first-order chi connectivity index (χ1) is 29.8. The zero-order chi connectivity index (χ0) is 46.2. The highest BCUT2D eigenvalue weighted by Gasteiger charge is 2.59. The molecule has 4 aliphatic heterocycles. The van der Waals surface area contributed by atoms with Crippen LogP contribution in [-0.4, -0.2) is 133 Å². The van der Waals surface area contributed by atoms with Crippen LogP contribution < -0.4 is 0 Å². The van der Waals surface area contributed by atoms with Crippen LogP contribution >= 0.6 is 0 Å². The second kappa shape index (κ2) is 22.2. The predicted octanol–water partition coefficient (Wildman–Crippen LogP) is 5.46. The van der Waals surface area contributed by atoms with Gasteiger partial charge in [0.1, 0.15) is 18.8 Å². The van der Waals surface area contributed by atoms with Crippen molar-refractivity contribution in [1.29, 1.82) is 0 Å². The molecule has 1 spiro atoms. The number of allylic oxidation sites excluding steroid dienone is 3. The summed E-state index contributed by atoms with van der Waals surface area (Å²) in [4.78, 5) is 76.6. The average molecular weight is 887 g/mol. The molecule has 15 heteroatoms. The number of methoxy groups -OCH3 is 2. The second-order valence-corrected chi connectivity index (χ2v) is 19.6. The van der Waals surface area contributed by atoms with Crippen molar-refractivity contribution in [2.24, 2.45) is 40.5 Å². The Hall–Kier alpha value is -3.34. The predicted molar refractivity (Wildman–Crippen MR) is 233 cm³/mol. The standard InChI is InChI=1S/C48H74N2O13/c1-28(2)26-61-41(53)27-60-36-14-12-34(13-15-36)23-31(5)42-33(7)37(51)25-38(52)35-16-18-49-47(46(56)62-42)17-10-11-19-50(47)45(55)44(54)48(57)32(6)24-40(59-9)43(63-48)39(58-8)22-30(4)20-29(3)21-35/h16,18,23,28-30,32-34,36-37,39-40,42-43,51,57H,10-15,17,19-22,24-27H2,1-9H3/b31-23?,35-16-,49-18?. The van der Waals surface area contributed by atoms with Crippen molar-refractivity contribution in [2.45, 2.75) is 174 Å². The van der Waals surface area contributed by atoms with Gasteiger partial charge >= 0.3 is 11.9 Å². The Morgan fingerprint density at radius 2 is 1.65 bits per heavy atom. The van der Waals surface area contributed by atoms with E-state index in [0.717, 1.165) is 17.7 Å². The van der Waals surface area contributed by atoms with Gasteiger partial charge in [0, 0.05) is 51.7 Å². The maximum Gasteiger partial charge on any atom is 0.355 e. The molecule has 1 amide bonds. The number of hydrogen-bond acceptors (Lipinski definition) is 14. The molecule has 4 bridgehead atoms. The third-order valence-corrected chi connectivity index (χ3v) is 13.9. The fraction of sp³-hybridized carbons (Fsp3) is 0.792. The van der Waals surface area contributed by atoms with Crippen LogP contribution in [0.1, 0.15) is 126 Å². The summed E-state index contributed by atoms with van der Waals surface area (Å²) in [6.45, 7) is 13.4. The van der Waals surface area contributed by atoms with Crippen LogP contribution in [0.15, 0.2) is 28.3 Å². The number of rotatable bonds is 9. The van der Waals surface area contributed by atoms with Gasteiger partial charge in [-0.25, -0.2) is 9.59 Å². The number of cyclic esters (lactones) is 1. The Kier molecular flexibility index (Phi) is 17.9. The second-order valence-electron chi connectivity index (χ2n) is 19.6. The quantitative estimate of drug-likeness (QED) is 0.168. The van der Waals surface area contributed by atoms with Crippen LogP contribution in [0.2, 0.25) is 0 Å². The molecular formula is C48H74N2O13. The van der Waals surface area contributed by atoms with E-state index < -0.39 is 71.5 Å². The molecule has 0 aromatic heterocycles. The van der Waals surface area contributed by atoms with E-state index in [0.29, 0.717) is 62.7 Å². The Morgan fingerprint density at radius 1 is 0.968 bits per heavy atom. The lowest BCUT2D eigenvalue weighted by atomic mass is 9.81. The third kappa shape index (κ3) is 12.1. The molecule has 4 heterocycles. The topological polar surface area (TPSA) is 197 Å². The number of piperidine rings is 1. The van der Waals surface area contributed by atoms with Crippen molar-refractivity contribution in [3.63, 3.8) is 0 Å². The molecule has 1 saturated carbocycles. The van der Waals surface area contributed by atoms with Crippen LogP contribution in [0.4, 0.5) is 0 Å². The number of carbonyl (C=O) groups is 5. The number of ether oxygens (including phenoxy) is 6. The maximum atomic E-state index is 15.0. The van der Waals surface area contributed by atoms with Gasteiger partial charge in [-0.3, -0.25) is 19.4 Å². The number of amides is 1. The van der Waals surface area contributed by atoms with E-state index in [1.165, 1.54) is 20.4 Å². The van der Waals surface area contributed by atoms with Crippen LogP contribution in [-0.2, 0) is 52.4 Å². The number of aliphatic hydroxyl groups is 2. The van der Waals surface area contributed by atoms with Gasteiger partial charge in [-0.05, 0) is 112 Å². The van der Waals surface area contributed by atoms with Crippen molar-refractivity contribution in [2.75, 3.05) is 34.0 Å². The van der Waals surface area contributed by atoms with E-state index in [1.54, 1.807) is 19.9 Å². The van der Waals surface area contributed by atoms with Gasteiger partial charge in [-0.2, -0.15) is 0 Å². The number of carbonyl (C=O) groups excluding carboxylic acids is 5. The monoisotopic (exact) mass is 887 g/mol. The Morgan fingerprint density at radius 3 is 2.32 bits per heavy atom. The van der Waals surface area contributed by atoms with Crippen molar-refractivity contribution >= 4 is 35.6 Å². The fourth-order valence-corrected chi connectivity index (χ4v) is 10.2. The summed E-state index contributed by atoms with van der Waals surface area (Å²) in [6, 6.07) is 0. The molecule has 3 fully saturated rings. The number of hydrogen-bond donors (Lipinski definition) is 2. The molecule has 0 aromatic rings. The molecule has 63 heavy (non-hydrogen) atoms. The van der Waals surface area contributed by atoms with Crippen molar-refractivity contribution < 1.29 is 62.6 Å². The zero-order valence-electron chi connectivity index (χ0n) is 39.0. The molecule has 1 aliphatic carbocycles. The van der Waals surface area contributed by atoms with E-state index >= 15 is 4.79 Å². The Balaban J connectivity index is 1.52. The smallest absolute Gasteiger partial charge is 0.355 e. The molecule has 0 aromatic carbocycles. The molecule has 5 aliphatic rings. The number of aliphatic hydroxyl groups excluding tert-OH is 1. The maximum absolute atomic E-state index is 15.0. The molecule has 0 radical (unpaired) electrons. The lowest BCUT2D eigenvalue weighted by molar-refractivity contribution is -0.302. The van der Waals surface area contributed by atoms with Crippen molar-refractivity contribution in [3.05, 3.63) is 23.3 Å². The highest BCUT2D eigenvalue weighted by atomic mass is 16.7. The normalized spacial score (nSPS) is 38.9. The summed E-state index contributed by atoms with van der Waals surface area (Å²) < 4.78 is 35.6. The van der Waals surface area contributed by atoms with Crippen LogP contribution in [0.3, 0.4) is 0 Å². The van der Waals surface area contributed by atoms with Gasteiger partial charge in [0.2, 0.25) is 11.4 Å². The largest absolute Gasteiger partial charge is 0.464 e. The van der Waals surface area contributed by atoms with E-state index in [4.69, 9.17) is 33.4 Å². The van der Waals surface area contributed by atoms with Gasteiger partial charge < -0.3 is 43.5 Å². The number of fused-ring (bicyclic) bond motifs is 3. The van der Waals surface area contributed by atoms with Crippen LogP contribution in [0.5, 0.6) is 0 Å². The Bertz CT molecular complexity index is 1720. The van der Waals surface area contributed by atoms with Crippen LogP contribution in [0.25, 0.3) is 0 Å². The molecular weight excluding hydrogens is 813 g/mol. The number of ketones is 2. The summed E-state index contributed by atoms with van der Waals surface area (Å²) in [5.74, 6) is -7.81. The molecule has 15 nitrogen and oxygen atoms in total. The van der Waals surface area contributed by atoms with Gasteiger partial charge in [0.25, 0.3) is 11.7 Å². The summed E-state index contributed by atoms with van der Waals surface area (Å²) in [5.41, 5.74) is -0.967. The minimum atomic E-state index is -2.57. The van der Waals surface area contributed by atoms with E-state index in [-0.39, 0.29) is 73.9 Å². The SMILES string of the molecule is COC1CC(C)CC(C)C/C2=C/C=NC3(CCCCN3C(=O)C(=O)C3(O)OC1C(OC)CC3C)C(=O)OC(C(C)=CC1CCC(OCC(=O)OCC(C)C)CC1)C(C)C(O)CC2=O. The van der Waals surface area contributed by atoms with Gasteiger partial charge in [0.15, 0.2) is 5.78 Å². The third-order valence-electron chi connectivity index (χ3n) is 13.9. The van der Waals surface area contributed by atoms with E-state index in [9.17, 15) is 29.4 Å². The minimum Gasteiger partial charge on any atom is -0.464 e. The first-order valence-electron chi connectivity index (χ1n) is 23.3. The first-order valence-corrected chi connectivity index (χ1v) is 23.3. The summed E-state index contributed by atoms with van der Waals surface area (Å²) >= 11 is 0. The molecule has 354 valence electrons. The van der Waals surface area contributed by atoms with Gasteiger partial charge in [-0.1, -0.05) is 47.6 Å². The zero-order valence-corrected chi connectivity index (χ0v) is 39.0. The summed E-state index contributed by atoms with van der Waals surface area (Å²) in [5, 5.41) is 24.0. The van der Waals surface area contributed by atoms with Gasteiger partial charge in [0.05, 0.1) is 31.0 Å². The van der Waals surface area contributed by atoms with E-state index in [1.807, 2.05) is 33.8 Å². The molecule has 11 atom stereocenters. The number of aliphatic imine (C=N–C) groups is 1. The summed E-state index contributed by atoms with van der Waals surface area (Å²) in [6.07, 6.45) is 5.79. The van der Waals surface area contributed by atoms with Crippen molar-refractivity contribution in [3.8, 4) is 0 Å². The average Bonchev–Trinajstić information content (AvgIpc) is 3.25. The number of nitrogens with zero attached hydrogens (tertiary/aromatic N) is 2. The van der Waals surface area contributed by atoms with Gasteiger partial charge in [-0.15, -0.1) is 0 Å². The lowest BCUT2D eigenvalue weighted by Gasteiger charge is -2.48. The molecule has 2 saturated heterocycles. The lowest BCUT2D eigenvalue weighted by Crippen LogP contribution is -2.67. The van der Waals surface area contributed by atoms with Crippen LogP contribution in [0, 0.1) is 35.5 Å². The summed E-state index contributed by atoms with van der Waals surface area (Å²) in [7, 11) is 3.06. The highest BCUT2D eigenvalue weighted by molar-refractivity contribution is 6.39. The number of esters is 2. The molecule has 2 N–H and O–H groups in total. The fourth-order valence-electron chi connectivity index (χ4n) is 10.2. The minimum absolute atomic E-state index is 0.00277. The molecule has 11 unspecified atom stereocenters. The van der Waals surface area contributed by atoms with E-state index in [2.05, 4.69) is 6.92 Å². The first kappa shape index (κ1) is 50.7. The highest BCUT2D eigenvalue weighted by Crippen LogP contribution is 2.41. The Labute approximate surface area is 373 Å². The number of Topliss-reactive ketones (excluding diaryl/α,β-unsaturated/α-hetero) is 2. The van der Waals surface area contributed by atoms with Crippen molar-refractivity contribution in [1.82, 2.24) is 4.90 Å².